The Morgan fingerprint density at radius 3 is 1.22 bits per heavy atom. The molecule has 0 fully saturated rings. The Kier molecular flexibility index (Phi) is 9.44. The number of anilines is 2. The second-order valence-electron chi connectivity index (χ2n) is 13.4. The number of carbonyl (C=O) groups is 4. The van der Waals surface area contributed by atoms with Crippen molar-refractivity contribution in [3.8, 4) is 23.0 Å². The van der Waals surface area contributed by atoms with Crippen LogP contribution in [-0.4, -0.2) is 23.6 Å². The van der Waals surface area contributed by atoms with Gasteiger partial charge in [0.25, 0.3) is 23.6 Å². The Labute approximate surface area is 314 Å². The Morgan fingerprint density at radius 2 is 0.796 bits per heavy atom. The van der Waals surface area contributed by atoms with E-state index in [1.807, 2.05) is 87.5 Å². The van der Waals surface area contributed by atoms with E-state index in [0.29, 0.717) is 56.6 Å². The molecule has 8 heteroatoms. The van der Waals surface area contributed by atoms with Crippen molar-refractivity contribution < 1.29 is 28.7 Å². The molecule has 0 aromatic heterocycles. The number of aryl methyl sites for hydroxylation is 1. The van der Waals surface area contributed by atoms with Gasteiger partial charge < -0.3 is 9.47 Å². The zero-order valence-electron chi connectivity index (χ0n) is 30.6. The summed E-state index contributed by atoms with van der Waals surface area (Å²) in [7, 11) is 0. The smallest absolute Gasteiger partial charge is 0.266 e. The van der Waals surface area contributed by atoms with E-state index in [-0.39, 0.29) is 29.0 Å². The molecular formula is C46H38N2O6. The van der Waals surface area contributed by atoms with Gasteiger partial charge in [-0.15, -0.1) is 0 Å². The number of para-hydroxylation sites is 1. The van der Waals surface area contributed by atoms with Gasteiger partial charge in [0.2, 0.25) is 0 Å². The second kappa shape index (κ2) is 14.3. The van der Waals surface area contributed by atoms with Gasteiger partial charge in [-0.25, -0.2) is 9.80 Å². The maximum absolute atomic E-state index is 13.2. The molecule has 0 bridgehead atoms. The first-order valence-electron chi connectivity index (χ1n) is 17.8. The van der Waals surface area contributed by atoms with E-state index >= 15 is 0 Å². The van der Waals surface area contributed by atoms with E-state index in [2.05, 4.69) is 13.8 Å². The number of fused-ring (bicyclic) bond motifs is 2. The summed E-state index contributed by atoms with van der Waals surface area (Å²) in [5, 5.41) is 0. The van der Waals surface area contributed by atoms with Crippen molar-refractivity contribution in [2.45, 2.75) is 40.0 Å². The lowest BCUT2D eigenvalue weighted by Gasteiger charge is -2.26. The van der Waals surface area contributed by atoms with Crippen molar-refractivity contribution in [1.29, 1.82) is 0 Å². The van der Waals surface area contributed by atoms with Gasteiger partial charge in [0.05, 0.1) is 33.6 Å². The van der Waals surface area contributed by atoms with E-state index in [0.717, 1.165) is 16.7 Å². The number of hydrogen-bond acceptors (Lipinski definition) is 6. The van der Waals surface area contributed by atoms with Gasteiger partial charge in [-0.1, -0.05) is 87.9 Å². The third-order valence-corrected chi connectivity index (χ3v) is 9.65. The first-order chi connectivity index (χ1) is 26.1. The SMILES string of the molecule is CC.Cc1ccc(N2C(=O)c3ccc(Oc4ccc(C(C)(C)c5ccc(Oc6ccc7c(c6)C(=O)N(c6ccccc6)C7=O)cc5)cc4)cc3C2=O)cc1. The van der Waals surface area contributed by atoms with E-state index in [9.17, 15) is 19.2 Å². The highest BCUT2D eigenvalue weighted by Crippen LogP contribution is 2.37. The third kappa shape index (κ3) is 6.43. The molecule has 2 aliphatic rings. The van der Waals surface area contributed by atoms with E-state index in [4.69, 9.17) is 9.47 Å². The average molecular weight is 715 g/mol. The molecule has 2 aliphatic heterocycles. The molecule has 0 saturated heterocycles. The van der Waals surface area contributed by atoms with Crippen molar-refractivity contribution in [3.63, 3.8) is 0 Å². The Morgan fingerprint density at radius 1 is 0.426 bits per heavy atom. The number of carbonyl (C=O) groups excluding carboxylic acids is 4. The second-order valence-corrected chi connectivity index (χ2v) is 13.4. The monoisotopic (exact) mass is 714 g/mol. The van der Waals surface area contributed by atoms with Gasteiger partial charge in [-0.2, -0.15) is 0 Å². The Balaban J connectivity index is 0.00000221. The molecule has 2 heterocycles. The quantitative estimate of drug-likeness (QED) is 0.146. The topological polar surface area (TPSA) is 93.2 Å². The van der Waals surface area contributed by atoms with Gasteiger partial charge >= 0.3 is 0 Å². The Hall–Kier alpha value is -6.80. The number of nitrogens with zero attached hydrogens (tertiary/aromatic N) is 2. The number of amides is 4. The maximum Gasteiger partial charge on any atom is 0.266 e. The molecule has 0 atom stereocenters. The summed E-state index contributed by atoms with van der Waals surface area (Å²) < 4.78 is 12.2. The normalized spacial score (nSPS) is 13.4. The molecule has 4 amide bonds. The molecule has 54 heavy (non-hydrogen) atoms. The van der Waals surface area contributed by atoms with Crippen molar-refractivity contribution in [2.24, 2.45) is 0 Å². The van der Waals surface area contributed by atoms with Crippen LogP contribution in [0.2, 0.25) is 0 Å². The summed E-state index contributed by atoms with van der Waals surface area (Å²) in [5.74, 6) is 0.641. The van der Waals surface area contributed by atoms with Crippen LogP contribution < -0.4 is 19.3 Å². The molecule has 0 N–H and O–H groups in total. The maximum atomic E-state index is 13.2. The molecule has 0 spiro atoms. The van der Waals surface area contributed by atoms with Gasteiger partial charge in [-0.3, -0.25) is 19.2 Å². The van der Waals surface area contributed by atoms with Crippen LogP contribution in [0.5, 0.6) is 23.0 Å². The molecule has 0 aliphatic carbocycles. The largest absolute Gasteiger partial charge is 0.457 e. The summed E-state index contributed by atoms with van der Waals surface area (Å²) in [6.45, 7) is 10.2. The highest BCUT2D eigenvalue weighted by Gasteiger charge is 2.38. The minimum absolute atomic E-state index is 0.307. The van der Waals surface area contributed by atoms with Crippen LogP contribution in [0.3, 0.4) is 0 Å². The van der Waals surface area contributed by atoms with Crippen LogP contribution in [0.15, 0.2) is 140 Å². The number of ether oxygens (including phenoxy) is 2. The summed E-state index contributed by atoms with van der Waals surface area (Å²) in [4.78, 5) is 54.8. The van der Waals surface area contributed by atoms with Crippen LogP contribution in [0, 0.1) is 6.92 Å². The van der Waals surface area contributed by atoms with Crippen LogP contribution in [-0.2, 0) is 5.41 Å². The summed E-state index contributed by atoms with van der Waals surface area (Å²) in [6, 6.07) is 41.6. The lowest BCUT2D eigenvalue weighted by molar-refractivity contribution is 0.0910. The Bertz CT molecular complexity index is 2400. The minimum atomic E-state index is -0.380. The molecule has 0 radical (unpaired) electrons. The van der Waals surface area contributed by atoms with Crippen molar-refractivity contribution >= 4 is 35.0 Å². The number of hydrogen-bond donors (Lipinski definition) is 0. The first kappa shape index (κ1) is 35.6. The standard InChI is InChI=1S/C44H32N2O6.C2H6/c1-27-9-15-31(16-10-27)46-41(48)37-24-22-35(26-39(37)43(46)50)52-33-19-13-29(14-20-33)44(2,3)28-11-17-32(18-12-28)51-34-21-23-36-38(25-34)42(49)45(40(36)47)30-7-5-4-6-8-30;1-2/h4-26H,1-3H3;1-2H3. The van der Waals surface area contributed by atoms with E-state index < -0.39 is 0 Å². The lowest BCUT2D eigenvalue weighted by Crippen LogP contribution is -2.29. The van der Waals surface area contributed by atoms with Crippen LogP contribution >= 0.6 is 0 Å². The summed E-state index contributed by atoms with van der Waals surface area (Å²) in [5.41, 5.74) is 5.16. The lowest BCUT2D eigenvalue weighted by atomic mass is 9.78. The fourth-order valence-corrected chi connectivity index (χ4v) is 6.62. The zero-order chi connectivity index (χ0) is 38.1. The number of benzene rings is 6. The predicted molar refractivity (Wildman–Crippen MR) is 209 cm³/mol. The molecular weight excluding hydrogens is 677 g/mol. The third-order valence-electron chi connectivity index (χ3n) is 9.65. The molecule has 8 nitrogen and oxygen atoms in total. The number of rotatable bonds is 8. The van der Waals surface area contributed by atoms with Gasteiger partial charge in [0.1, 0.15) is 23.0 Å². The van der Waals surface area contributed by atoms with Gasteiger partial charge in [0.15, 0.2) is 0 Å². The van der Waals surface area contributed by atoms with Crippen molar-refractivity contribution in [3.05, 3.63) is 178 Å². The molecule has 6 aromatic rings. The van der Waals surface area contributed by atoms with Gasteiger partial charge in [0, 0.05) is 5.41 Å². The fraction of sp³-hybridized carbons (Fsp3) is 0.130. The van der Waals surface area contributed by atoms with Crippen LogP contribution in [0.25, 0.3) is 0 Å². The summed E-state index contributed by atoms with van der Waals surface area (Å²) in [6.07, 6.45) is 0. The van der Waals surface area contributed by atoms with Crippen LogP contribution in [0.1, 0.15) is 85.8 Å². The van der Waals surface area contributed by atoms with E-state index in [1.165, 1.54) is 9.80 Å². The first-order valence-corrected chi connectivity index (χ1v) is 17.8. The van der Waals surface area contributed by atoms with Crippen molar-refractivity contribution in [2.75, 3.05) is 9.80 Å². The average Bonchev–Trinajstić information content (AvgIpc) is 3.59. The molecule has 0 saturated carbocycles. The fourth-order valence-electron chi connectivity index (χ4n) is 6.62. The highest BCUT2D eigenvalue weighted by atomic mass is 16.5. The van der Waals surface area contributed by atoms with Crippen molar-refractivity contribution in [1.82, 2.24) is 0 Å². The highest BCUT2D eigenvalue weighted by molar-refractivity contribution is 6.35. The predicted octanol–water partition coefficient (Wildman–Crippen LogP) is 10.5. The summed E-state index contributed by atoms with van der Waals surface area (Å²) >= 11 is 0. The molecule has 8 rings (SSSR count). The molecule has 6 aromatic carbocycles. The minimum Gasteiger partial charge on any atom is -0.457 e. The molecule has 0 unspecified atom stereocenters. The number of imide groups is 2. The van der Waals surface area contributed by atoms with Crippen LogP contribution in [0.4, 0.5) is 11.4 Å². The zero-order valence-corrected chi connectivity index (χ0v) is 30.6. The molecule has 268 valence electrons. The van der Waals surface area contributed by atoms with E-state index in [1.54, 1.807) is 72.8 Å². The van der Waals surface area contributed by atoms with Gasteiger partial charge in [-0.05, 0) is 103 Å².